The Morgan fingerprint density at radius 3 is 2.92 bits per heavy atom. The normalized spacial score (nSPS) is 9.69. The maximum Gasteiger partial charge on any atom is 0.262 e. The van der Waals surface area contributed by atoms with E-state index in [0.29, 0.717) is 6.54 Å². The minimum absolute atomic E-state index is 0.00861. The maximum absolute atomic E-state index is 11.0. The summed E-state index contributed by atoms with van der Waals surface area (Å²) in [5.41, 5.74) is 1.04. The summed E-state index contributed by atoms with van der Waals surface area (Å²) in [5.74, 6) is -0.330. The van der Waals surface area contributed by atoms with Gasteiger partial charge in [-0.15, -0.1) is 11.3 Å². The lowest BCUT2D eigenvalue weighted by atomic mass is 10.3. The van der Waals surface area contributed by atoms with E-state index < -0.39 is 0 Å². The summed E-state index contributed by atoms with van der Waals surface area (Å²) in [5, 5.41) is 4.60. The third-order valence-corrected chi connectivity index (χ3v) is 3.05. The highest BCUT2D eigenvalue weighted by Gasteiger charge is 2.03. The van der Waals surface area contributed by atoms with Crippen LogP contribution in [-0.4, -0.2) is 5.91 Å². The zero-order valence-electron chi connectivity index (χ0n) is 6.64. The lowest BCUT2D eigenvalue weighted by molar-refractivity contribution is -0.117. The van der Waals surface area contributed by atoms with Crippen molar-refractivity contribution in [2.24, 2.45) is 0 Å². The molecule has 2 nitrogen and oxygen atoms in total. The van der Waals surface area contributed by atoms with Gasteiger partial charge >= 0.3 is 0 Å². The first-order valence-corrected chi connectivity index (χ1v) is 5.50. The summed E-state index contributed by atoms with van der Waals surface area (Å²) in [4.78, 5) is 11.0. The Bertz CT molecular complexity index is 337. The second-order valence-corrected chi connectivity index (χ2v) is 5.09. The van der Waals surface area contributed by atoms with E-state index in [4.69, 9.17) is 11.6 Å². The number of rotatable bonds is 3. The Morgan fingerprint density at radius 2 is 2.46 bits per heavy atom. The standard InChI is InChI=1S/C8H7BrClNOS/c1-5(10)8(12)11-3-6-2-7(9)13-4-6/h2,4H,1,3H2,(H,11,12). The van der Waals surface area contributed by atoms with Gasteiger partial charge in [0.1, 0.15) is 0 Å². The van der Waals surface area contributed by atoms with Crippen LogP contribution < -0.4 is 5.32 Å². The summed E-state index contributed by atoms with van der Waals surface area (Å²) in [6, 6.07) is 1.95. The van der Waals surface area contributed by atoms with E-state index in [0.717, 1.165) is 9.35 Å². The fraction of sp³-hybridized carbons (Fsp3) is 0.125. The molecule has 0 aliphatic heterocycles. The quantitative estimate of drug-likeness (QED) is 0.848. The highest BCUT2D eigenvalue weighted by Crippen LogP contribution is 2.20. The van der Waals surface area contributed by atoms with Gasteiger partial charge in [0.25, 0.3) is 5.91 Å². The van der Waals surface area contributed by atoms with Crippen LogP contribution in [0.5, 0.6) is 0 Å². The fourth-order valence-corrected chi connectivity index (χ4v) is 1.99. The Balaban J connectivity index is 2.44. The van der Waals surface area contributed by atoms with E-state index in [1.54, 1.807) is 11.3 Å². The van der Waals surface area contributed by atoms with Gasteiger partial charge in [-0.3, -0.25) is 4.79 Å². The predicted molar refractivity (Wildman–Crippen MR) is 58.9 cm³/mol. The lowest BCUT2D eigenvalue weighted by Gasteiger charge is -2.00. The minimum atomic E-state index is -0.330. The van der Waals surface area contributed by atoms with Crippen LogP contribution in [0.1, 0.15) is 5.56 Å². The Labute approximate surface area is 93.7 Å². The summed E-state index contributed by atoms with van der Waals surface area (Å²) < 4.78 is 1.04. The molecule has 0 aromatic carbocycles. The van der Waals surface area contributed by atoms with Crippen molar-refractivity contribution in [3.05, 3.63) is 32.4 Å². The summed E-state index contributed by atoms with van der Waals surface area (Å²) in [6.45, 7) is 3.80. The molecule has 0 saturated heterocycles. The third-order valence-electron chi connectivity index (χ3n) is 1.32. The molecule has 1 heterocycles. The molecule has 0 fully saturated rings. The molecular formula is C8H7BrClNOS. The van der Waals surface area contributed by atoms with E-state index in [9.17, 15) is 4.79 Å². The molecule has 0 atom stereocenters. The van der Waals surface area contributed by atoms with Gasteiger partial charge in [-0.1, -0.05) is 18.2 Å². The molecule has 0 bridgehead atoms. The van der Waals surface area contributed by atoms with E-state index in [1.165, 1.54) is 0 Å². The molecule has 0 aliphatic carbocycles. The van der Waals surface area contributed by atoms with Crippen LogP contribution in [0.3, 0.4) is 0 Å². The van der Waals surface area contributed by atoms with Gasteiger partial charge in [0.05, 0.1) is 8.82 Å². The first-order valence-electron chi connectivity index (χ1n) is 3.45. The summed E-state index contributed by atoms with van der Waals surface area (Å²) >= 11 is 10.3. The van der Waals surface area contributed by atoms with Gasteiger partial charge in [-0.05, 0) is 32.9 Å². The molecule has 1 rings (SSSR count). The van der Waals surface area contributed by atoms with Gasteiger partial charge in [-0.2, -0.15) is 0 Å². The van der Waals surface area contributed by atoms with Gasteiger partial charge < -0.3 is 5.32 Å². The molecule has 1 aromatic heterocycles. The molecule has 0 saturated carbocycles. The van der Waals surface area contributed by atoms with Gasteiger partial charge in [-0.25, -0.2) is 0 Å². The Kier molecular flexibility index (Phi) is 3.96. The topological polar surface area (TPSA) is 29.1 Å². The van der Waals surface area contributed by atoms with Crippen LogP contribution in [-0.2, 0) is 11.3 Å². The van der Waals surface area contributed by atoms with Crippen LogP contribution in [0.2, 0.25) is 0 Å². The molecule has 1 aromatic rings. The second-order valence-electron chi connectivity index (χ2n) is 2.35. The monoisotopic (exact) mass is 279 g/mol. The van der Waals surface area contributed by atoms with Crippen LogP contribution in [0, 0.1) is 0 Å². The van der Waals surface area contributed by atoms with Crippen molar-refractivity contribution < 1.29 is 4.79 Å². The van der Waals surface area contributed by atoms with E-state index in [2.05, 4.69) is 27.8 Å². The van der Waals surface area contributed by atoms with Gasteiger partial charge in [0.2, 0.25) is 0 Å². The number of carbonyl (C=O) groups excluding carboxylic acids is 1. The first kappa shape index (κ1) is 10.8. The molecular weight excluding hydrogens is 274 g/mol. The number of nitrogens with one attached hydrogen (secondary N) is 1. The zero-order chi connectivity index (χ0) is 9.84. The van der Waals surface area contributed by atoms with Crippen molar-refractivity contribution in [1.82, 2.24) is 5.32 Å². The second kappa shape index (κ2) is 4.79. The largest absolute Gasteiger partial charge is 0.347 e. The Hall–Kier alpha value is -0.320. The number of carbonyl (C=O) groups is 1. The molecule has 0 radical (unpaired) electrons. The number of hydrogen-bond acceptors (Lipinski definition) is 2. The minimum Gasteiger partial charge on any atom is -0.347 e. The average molecular weight is 281 g/mol. The average Bonchev–Trinajstić information content (AvgIpc) is 2.47. The first-order chi connectivity index (χ1) is 6.09. The lowest BCUT2D eigenvalue weighted by Crippen LogP contribution is -2.21. The third kappa shape index (κ3) is 3.50. The van der Waals surface area contributed by atoms with Crippen molar-refractivity contribution in [1.29, 1.82) is 0 Å². The fourth-order valence-electron chi connectivity index (χ4n) is 0.717. The van der Waals surface area contributed by atoms with Crippen LogP contribution in [0.4, 0.5) is 0 Å². The van der Waals surface area contributed by atoms with E-state index in [-0.39, 0.29) is 10.9 Å². The summed E-state index contributed by atoms with van der Waals surface area (Å²) in [7, 11) is 0. The van der Waals surface area contributed by atoms with Gasteiger partial charge in [0.15, 0.2) is 0 Å². The molecule has 70 valence electrons. The number of thiophene rings is 1. The van der Waals surface area contributed by atoms with Crippen LogP contribution in [0.25, 0.3) is 0 Å². The zero-order valence-corrected chi connectivity index (χ0v) is 9.80. The van der Waals surface area contributed by atoms with Gasteiger partial charge in [0, 0.05) is 6.54 Å². The van der Waals surface area contributed by atoms with Crippen molar-refractivity contribution in [3.8, 4) is 0 Å². The molecule has 0 unspecified atom stereocenters. The van der Waals surface area contributed by atoms with Crippen molar-refractivity contribution in [2.45, 2.75) is 6.54 Å². The number of amides is 1. The smallest absolute Gasteiger partial charge is 0.262 e. The highest BCUT2D eigenvalue weighted by molar-refractivity contribution is 9.11. The summed E-state index contributed by atoms with van der Waals surface area (Å²) in [6.07, 6.45) is 0. The van der Waals surface area contributed by atoms with E-state index >= 15 is 0 Å². The molecule has 1 N–H and O–H groups in total. The molecule has 13 heavy (non-hydrogen) atoms. The number of hydrogen-bond donors (Lipinski definition) is 1. The van der Waals surface area contributed by atoms with Crippen LogP contribution in [0.15, 0.2) is 26.8 Å². The predicted octanol–water partition coefficient (Wildman–Crippen LogP) is 2.88. The number of halogens is 2. The highest BCUT2D eigenvalue weighted by atomic mass is 79.9. The molecule has 5 heteroatoms. The molecule has 1 amide bonds. The maximum atomic E-state index is 11.0. The molecule has 0 spiro atoms. The SMILES string of the molecule is C=C(Cl)C(=O)NCc1csc(Br)c1. The van der Waals surface area contributed by atoms with Crippen molar-refractivity contribution in [3.63, 3.8) is 0 Å². The Morgan fingerprint density at radius 1 is 1.77 bits per heavy atom. The van der Waals surface area contributed by atoms with Crippen LogP contribution >= 0.6 is 38.9 Å². The van der Waals surface area contributed by atoms with Crippen molar-refractivity contribution in [2.75, 3.05) is 0 Å². The van der Waals surface area contributed by atoms with Crippen molar-refractivity contribution >= 4 is 44.8 Å². The van der Waals surface area contributed by atoms with E-state index in [1.807, 2.05) is 11.4 Å². The molecule has 0 aliphatic rings.